The Morgan fingerprint density at radius 3 is 1.50 bits per heavy atom. The zero-order valence-corrected chi connectivity index (χ0v) is 17.0. The molecule has 0 spiro atoms. The van der Waals surface area contributed by atoms with Crippen LogP contribution in [0.4, 0.5) is 0 Å². The van der Waals surface area contributed by atoms with Gasteiger partial charge in [0.15, 0.2) is 0 Å². The summed E-state index contributed by atoms with van der Waals surface area (Å²) < 4.78 is 0. The van der Waals surface area contributed by atoms with Gasteiger partial charge >= 0.3 is 0 Å². The number of hydrogen-bond donors (Lipinski definition) is 2. The van der Waals surface area contributed by atoms with Gasteiger partial charge in [-0.15, -0.1) is 0 Å². The van der Waals surface area contributed by atoms with E-state index in [9.17, 15) is 5.11 Å². The molecule has 0 aromatic rings. The van der Waals surface area contributed by atoms with E-state index >= 15 is 0 Å². The molecule has 0 radical (unpaired) electrons. The molecule has 1 atom stereocenters. The van der Waals surface area contributed by atoms with Crippen LogP contribution in [-0.4, -0.2) is 24.3 Å². The summed E-state index contributed by atoms with van der Waals surface area (Å²) >= 11 is 0. The molecular weight excluding hydrogens is 294 g/mol. The van der Waals surface area contributed by atoms with Crippen molar-refractivity contribution in [1.82, 2.24) is 0 Å². The largest absolute Gasteiger partial charge is 0.393 e. The Morgan fingerprint density at radius 2 is 0.958 bits per heavy atom. The summed E-state index contributed by atoms with van der Waals surface area (Å²) in [6, 6.07) is 0. The molecule has 146 valence electrons. The smallest absolute Gasteiger partial charge is 0.0755 e. The zero-order valence-electron chi connectivity index (χ0n) is 17.0. The van der Waals surface area contributed by atoms with E-state index in [4.69, 9.17) is 0 Å². The molecule has 24 heavy (non-hydrogen) atoms. The lowest BCUT2D eigenvalue weighted by Gasteiger charge is -2.10. The summed E-state index contributed by atoms with van der Waals surface area (Å²) in [4.78, 5) is 0. The molecular formula is C22H48NO+. The normalized spacial score (nSPS) is 12.6. The van der Waals surface area contributed by atoms with Gasteiger partial charge in [0, 0.05) is 0 Å². The van der Waals surface area contributed by atoms with Crippen molar-refractivity contribution in [2.24, 2.45) is 0 Å². The molecule has 0 amide bonds. The van der Waals surface area contributed by atoms with Crippen molar-refractivity contribution in [1.29, 1.82) is 0 Å². The van der Waals surface area contributed by atoms with E-state index < -0.39 is 0 Å². The van der Waals surface area contributed by atoms with Crippen LogP contribution in [0.25, 0.3) is 0 Å². The molecule has 0 aromatic heterocycles. The van der Waals surface area contributed by atoms with E-state index in [1.165, 1.54) is 109 Å². The van der Waals surface area contributed by atoms with Crippen molar-refractivity contribution in [3.8, 4) is 0 Å². The maximum absolute atomic E-state index is 9.94. The Labute approximate surface area is 153 Å². The minimum atomic E-state index is -0.0315. The number of aliphatic hydroxyl groups excluding tert-OH is 1. The van der Waals surface area contributed by atoms with Crippen LogP contribution >= 0.6 is 0 Å². The Kier molecular flexibility index (Phi) is 20.9. The van der Waals surface area contributed by atoms with Crippen LogP contribution in [0.5, 0.6) is 0 Å². The highest BCUT2D eigenvalue weighted by atomic mass is 16.3. The molecule has 0 saturated carbocycles. The first-order valence-corrected chi connectivity index (χ1v) is 11.3. The molecule has 0 rings (SSSR count). The summed E-state index contributed by atoms with van der Waals surface area (Å²) in [6.45, 7) is 7.17. The summed E-state index contributed by atoms with van der Waals surface area (Å²) in [7, 11) is 0. The van der Waals surface area contributed by atoms with E-state index in [-0.39, 0.29) is 6.10 Å². The van der Waals surface area contributed by atoms with E-state index in [0.717, 1.165) is 12.8 Å². The van der Waals surface area contributed by atoms with Gasteiger partial charge in [-0.2, -0.15) is 0 Å². The molecule has 0 fully saturated rings. The van der Waals surface area contributed by atoms with Crippen LogP contribution in [0.2, 0.25) is 0 Å². The highest BCUT2D eigenvalue weighted by molar-refractivity contribution is 4.57. The first-order chi connectivity index (χ1) is 11.8. The number of aliphatic hydroxyl groups is 1. The van der Waals surface area contributed by atoms with Crippen molar-refractivity contribution in [3.05, 3.63) is 0 Å². The lowest BCUT2D eigenvalue weighted by atomic mass is 10.0. The van der Waals surface area contributed by atoms with Crippen molar-refractivity contribution < 1.29 is 10.4 Å². The highest BCUT2D eigenvalue weighted by Crippen LogP contribution is 2.14. The summed E-state index contributed by atoms with van der Waals surface area (Å²) in [5.74, 6) is 0. The monoisotopic (exact) mass is 342 g/mol. The van der Waals surface area contributed by atoms with Crippen LogP contribution < -0.4 is 5.32 Å². The number of quaternary nitrogens is 1. The van der Waals surface area contributed by atoms with Crippen molar-refractivity contribution in [2.45, 2.75) is 129 Å². The summed E-state index contributed by atoms with van der Waals surface area (Å²) in [5.41, 5.74) is 0. The van der Waals surface area contributed by atoms with Gasteiger partial charge in [0.2, 0.25) is 0 Å². The van der Waals surface area contributed by atoms with Gasteiger partial charge < -0.3 is 10.4 Å². The van der Waals surface area contributed by atoms with E-state index in [1.54, 1.807) is 0 Å². The predicted octanol–water partition coefficient (Wildman–Crippen LogP) is 5.58. The zero-order chi connectivity index (χ0) is 17.7. The lowest BCUT2D eigenvalue weighted by molar-refractivity contribution is -0.655. The Bertz CT molecular complexity index is 220. The minimum Gasteiger partial charge on any atom is -0.393 e. The number of unbranched alkanes of at least 4 members (excludes halogenated alkanes) is 12. The fraction of sp³-hybridized carbons (Fsp3) is 1.00. The molecule has 2 heteroatoms. The molecule has 0 aliphatic rings. The fourth-order valence-electron chi connectivity index (χ4n) is 3.35. The average molecular weight is 343 g/mol. The third-order valence-electron chi connectivity index (χ3n) is 5.10. The summed E-state index contributed by atoms with van der Waals surface area (Å²) in [5, 5.41) is 12.4. The van der Waals surface area contributed by atoms with Crippen LogP contribution in [0.1, 0.15) is 123 Å². The van der Waals surface area contributed by atoms with E-state index in [1.807, 2.05) is 0 Å². The Morgan fingerprint density at radius 1 is 0.542 bits per heavy atom. The highest BCUT2D eigenvalue weighted by Gasteiger charge is 2.03. The van der Waals surface area contributed by atoms with Gasteiger partial charge in [0.05, 0.1) is 19.2 Å². The lowest BCUT2D eigenvalue weighted by Crippen LogP contribution is -2.84. The van der Waals surface area contributed by atoms with Crippen LogP contribution in [-0.2, 0) is 0 Å². The molecule has 0 unspecified atom stereocenters. The first kappa shape index (κ1) is 23.9. The van der Waals surface area contributed by atoms with Gasteiger partial charge in [-0.3, -0.25) is 0 Å². The SMILES string of the molecule is CCCCCC[C@@H](O)CCCCCCCCCCC[NH2+]CCCC. The molecule has 0 heterocycles. The van der Waals surface area contributed by atoms with E-state index in [2.05, 4.69) is 19.2 Å². The fourth-order valence-corrected chi connectivity index (χ4v) is 3.35. The average Bonchev–Trinajstić information content (AvgIpc) is 2.59. The second kappa shape index (κ2) is 21.0. The molecule has 0 saturated heterocycles. The van der Waals surface area contributed by atoms with Gasteiger partial charge in [-0.25, -0.2) is 0 Å². The van der Waals surface area contributed by atoms with Crippen LogP contribution in [0, 0.1) is 0 Å². The van der Waals surface area contributed by atoms with Crippen LogP contribution in [0.3, 0.4) is 0 Å². The molecule has 2 nitrogen and oxygen atoms in total. The van der Waals surface area contributed by atoms with Gasteiger partial charge in [-0.1, -0.05) is 90.9 Å². The predicted molar refractivity (Wildman–Crippen MR) is 108 cm³/mol. The molecule has 0 aliphatic heterocycles. The minimum absolute atomic E-state index is 0.0315. The van der Waals surface area contributed by atoms with Crippen molar-refractivity contribution in [2.75, 3.05) is 13.1 Å². The van der Waals surface area contributed by atoms with E-state index in [0.29, 0.717) is 0 Å². The molecule has 0 bridgehead atoms. The number of hydrogen-bond acceptors (Lipinski definition) is 1. The van der Waals surface area contributed by atoms with Crippen molar-refractivity contribution in [3.63, 3.8) is 0 Å². The third-order valence-corrected chi connectivity index (χ3v) is 5.10. The molecule has 3 N–H and O–H groups in total. The van der Waals surface area contributed by atoms with Gasteiger partial charge in [0.25, 0.3) is 0 Å². The summed E-state index contributed by atoms with van der Waals surface area (Å²) in [6.07, 6.45) is 22.2. The third kappa shape index (κ3) is 20.0. The van der Waals surface area contributed by atoms with Gasteiger partial charge in [0.1, 0.15) is 0 Å². The maximum Gasteiger partial charge on any atom is 0.0755 e. The van der Waals surface area contributed by atoms with Gasteiger partial charge in [-0.05, 0) is 32.1 Å². The standard InChI is InChI=1S/C22H47NO/c1-3-5-7-15-18-22(24)19-16-13-11-9-8-10-12-14-17-21-23-20-6-4-2/h22-24H,3-21H2,1-2H3/p+1/t22-/m1/s1. The Balaban J connectivity index is 3.06. The quantitative estimate of drug-likeness (QED) is 0.278. The molecule has 0 aromatic carbocycles. The topological polar surface area (TPSA) is 36.8 Å². The van der Waals surface area contributed by atoms with Crippen molar-refractivity contribution >= 4 is 0 Å². The van der Waals surface area contributed by atoms with Crippen LogP contribution in [0.15, 0.2) is 0 Å². The maximum atomic E-state index is 9.94. The first-order valence-electron chi connectivity index (χ1n) is 11.3. The second-order valence-electron chi connectivity index (χ2n) is 7.69. The number of nitrogens with two attached hydrogens (primary N) is 1. The molecule has 0 aliphatic carbocycles. The Hall–Kier alpha value is -0.0800. The number of rotatable bonds is 20. The second-order valence-corrected chi connectivity index (χ2v) is 7.69.